The van der Waals surface area contributed by atoms with Crippen molar-refractivity contribution in [1.82, 2.24) is 5.32 Å². The lowest BCUT2D eigenvalue weighted by molar-refractivity contribution is -0.123. The second-order valence-electron chi connectivity index (χ2n) is 5.20. The van der Waals surface area contributed by atoms with Crippen molar-refractivity contribution in [2.75, 3.05) is 6.61 Å². The van der Waals surface area contributed by atoms with Crippen LogP contribution in [0.3, 0.4) is 0 Å². The minimum atomic E-state index is -0.987. The van der Waals surface area contributed by atoms with E-state index in [1.54, 1.807) is 0 Å². The fourth-order valence-corrected chi connectivity index (χ4v) is 1.97. The normalized spacial score (nSPS) is 24.9. The third-order valence-corrected chi connectivity index (χ3v) is 3.76. The molecule has 0 aromatic heterocycles. The first kappa shape index (κ1) is 13.8. The molecule has 0 heterocycles. The van der Waals surface area contributed by atoms with Crippen molar-refractivity contribution in [2.24, 2.45) is 5.41 Å². The van der Waals surface area contributed by atoms with Gasteiger partial charge in [0.1, 0.15) is 5.75 Å². The van der Waals surface area contributed by atoms with Crippen molar-refractivity contribution in [1.29, 1.82) is 0 Å². The van der Waals surface area contributed by atoms with Crippen LogP contribution in [-0.4, -0.2) is 18.6 Å². The van der Waals surface area contributed by atoms with Gasteiger partial charge >= 0.3 is 0 Å². The van der Waals surface area contributed by atoms with Crippen molar-refractivity contribution in [3.8, 4) is 5.75 Å². The second kappa shape index (κ2) is 5.15. The molecule has 1 aromatic rings. The van der Waals surface area contributed by atoms with E-state index in [2.05, 4.69) is 19.2 Å². The Bertz CT molecular complexity index is 492. The molecule has 104 valence electrons. The van der Waals surface area contributed by atoms with E-state index >= 15 is 0 Å². The molecule has 0 aliphatic heterocycles. The van der Waals surface area contributed by atoms with Gasteiger partial charge in [-0.2, -0.15) is 0 Å². The van der Waals surface area contributed by atoms with E-state index in [9.17, 15) is 13.6 Å². The zero-order valence-corrected chi connectivity index (χ0v) is 11.0. The van der Waals surface area contributed by atoms with Gasteiger partial charge in [-0.05, 0) is 30.4 Å². The quantitative estimate of drug-likeness (QED) is 0.892. The number of amides is 1. The van der Waals surface area contributed by atoms with Crippen LogP contribution in [0.5, 0.6) is 5.75 Å². The molecule has 1 aromatic carbocycles. The number of ether oxygens (including phenoxy) is 1. The Morgan fingerprint density at radius 2 is 2.21 bits per heavy atom. The molecule has 1 fully saturated rings. The zero-order valence-electron chi connectivity index (χ0n) is 11.0. The van der Waals surface area contributed by atoms with Crippen molar-refractivity contribution in [3.63, 3.8) is 0 Å². The number of rotatable bonds is 5. The van der Waals surface area contributed by atoms with Gasteiger partial charge in [0.25, 0.3) is 5.91 Å². The molecular weight excluding hydrogens is 252 g/mol. The Morgan fingerprint density at radius 3 is 2.79 bits per heavy atom. The molecule has 2 unspecified atom stereocenters. The molecule has 0 spiro atoms. The summed E-state index contributed by atoms with van der Waals surface area (Å²) in [5.41, 5.74) is 0.192. The predicted molar refractivity (Wildman–Crippen MR) is 66.8 cm³/mol. The molecule has 3 nitrogen and oxygen atoms in total. The van der Waals surface area contributed by atoms with E-state index in [4.69, 9.17) is 4.74 Å². The molecule has 2 rings (SSSR count). The molecule has 1 saturated carbocycles. The van der Waals surface area contributed by atoms with Gasteiger partial charge in [-0.15, -0.1) is 0 Å². The summed E-state index contributed by atoms with van der Waals surface area (Å²) in [6.45, 7) is 4.01. The number of carbonyl (C=O) groups is 1. The molecule has 1 aliphatic carbocycles. The topological polar surface area (TPSA) is 38.3 Å². The van der Waals surface area contributed by atoms with Crippen LogP contribution in [0.15, 0.2) is 18.2 Å². The fraction of sp³-hybridized carbons (Fsp3) is 0.500. The smallest absolute Gasteiger partial charge is 0.258 e. The van der Waals surface area contributed by atoms with Crippen LogP contribution in [0.4, 0.5) is 8.78 Å². The summed E-state index contributed by atoms with van der Waals surface area (Å²) >= 11 is 0. The highest BCUT2D eigenvalue weighted by molar-refractivity contribution is 5.78. The van der Waals surface area contributed by atoms with Gasteiger partial charge in [-0.25, -0.2) is 8.78 Å². The Morgan fingerprint density at radius 1 is 1.47 bits per heavy atom. The maximum atomic E-state index is 12.9. The molecule has 0 bridgehead atoms. The van der Waals surface area contributed by atoms with Crippen LogP contribution in [0.2, 0.25) is 0 Å². The largest absolute Gasteiger partial charge is 0.484 e. The minimum absolute atomic E-state index is 0.142. The first-order chi connectivity index (χ1) is 8.94. The third-order valence-electron chi connectivity index (χ3n) is 3.76. The number of halogens is 2. The fourth-order valence-electron chi connectivity index (χ4n) is 1.97. The molecule has 0 saturated heterocycles. The van der Waals surface area contributed by atoms with E-state index in [0.717, 1.165) is 25.0 Å². The van der Waals surface area contributed by atoms with Gasteiger partial charge in [0.05, 0.1) is 0 Å². The Kier molecular flexibility index (Phi) is 3.73. The van der Waals surface area contributed by atoms with Gasteiger partial charge < -0.3 is 10.1 Å². The summed E-state index contributed by atoms with van der Waals surface area (Å²) < 4.78 is 30.7. The lowest BCUT2D eigenvalue weighted by atomic mass is 10.1. The summed E-state index contributed by atoms with van der Waals surface area (Å²) in [7, 11) is 0. The van der Waals surface area contributed by atoms with E-state index < -0.39 is 11.6 Å². The molecular formula is C14H17F2NO2. The van der Waals surface area contributed by atoms with Crippen molar-refractivity contribution in [2.45, 2.75) is 32.7 Å². The Hall–Kier alpha value is -1.65. The summed E-state index contributed by atoms with van der Waals surface area (Å²) in [5.74, 6) is -2.03. The monoisotopic (exact) mass is 269 g/mol. The molecule has 19 heavy (non-hydrogen) atoms. The maximum absolute atomic E-state index is 12.9. The summed E-state index contributed by atoms with van der Waals surface area (Å²) in [4.78, 5) is 11.6. The van der Waals surface area contributed by atoms with Crippen LogP contribution in [0.1, 0.15) is 26.7 Å². The van der Waals surface area contributed by atoms with Gasteiger partial charge in [0.2, 0.25) is 0 Å². The van der Waals surface area contributed by atoms with Crippen molar-refractivity contribution >= 4 is 5.91 Å². The van der Waals surface area contributed by atoms with Gasteiger partial charge in [-0.3, -0.25) is 4.79 Å². The van der Waals surface area contributed by atoms with E-state index in [1.807, 2.05) is 0 Å². The number of hydrogen-bond donors (Lipinski definition) is 1. The Balaban J connectivity index is 1.79. The summed E-state index contributed by atoms with van der Waals surface area (Å²) in [6.07, 6.45) is 1.99. The molecule has 1 amide bonds. The van der Waals surface area contributed by atoms with Crippen LogP contribution >= 0.6 is 0 Å². The highest BCUT2D eigenvalue weighted by atomic mass is 19.2. The average molecular weight is 269 g/mol. The van der Waals surface area contributed by atoms with Gasteiger partial charge in [0.15, 0.2) is 18.2 Å². The van der Waals surface area contributed by atoms with Crippen LogP contribution < -0.4 is 10.1 Å². The maximum Gasteiger partial charge on any atom is 0.258 e. The molecule has 1 N–H and O–H groups in total. The predicted octanol–water partition coefficient (Wildman–Crippen LogP) is 2.65. The molecule has 0 radical (unpaired) electrons. The van der Waals surface area contributed by atoms with Crippen LogP contribution in [0.25, 0.3) is 0 Å². The number of benzene rings is 1. The molecule has 1 aliphatic rings. The molecule has 2 atom stereocenters. The van der Waals surface area contributed by atoms with Crippen LogP contribution in [0, 0.1) is 17.0 Å². The Labute approximate surface area is 111 Å². The standard InChI is InChI=1S/C14H17F2NO2/c1-3-14(2)7-12(14)17-13(18)8-19-9-4-5-10(15)11(16)6-9/h4-6,12H,3,7-8H2,1-2H3,(H,17,18). The number of nitrogens with one attached hydrogen (secondary N) is 1. The summed E-state index contributed by atoms with van der Waals surface area (Å²) in [5, 5.41) is 2.86. The van der Waals surface area contributed by atoms with E-state index in [-0.39, 0.29) is 29.7 Å². The lowest BCUT2D eigenvalue weighted by Gasteiger charge is -2.10. The number of hydrogen-bond acceptors (Lipinski definition) is 2. The van der Waals surface area contributed by atoms with Crippen molar-refractivity contribution in [3.05, 3.63) is 29.8 Å². The number of carbonyl (C=O) groups excluding carboxylic acids is 1. The zero-order chi connectivity index (χ0) is 14.0. The minimum Gasteiger partial charge on any atom is -0.484 e. The summed E-state index contributed by atoms with van der Waals surface area (Å²) in [6, 6.07) is 3.38. The SMILES string of the molecule is CCC1(C)CC1NC(=O)COc1ccc(F)c(F)c1. The average Bonchev–Trinajstić information content (AvgIpc) is 3.02. The van der Waals surface area contributed by atoms with Crippen molar-refractivity contribution < 1.29 is 18.3 Å². The highest BCUT2D eigenvalue weighted by Crippen LogP contribution is 2.48. The van der Waals surface area contributed by atoms with Gasteiger partial charge in [0, 0.05) is 12.1 Å². The van der Waals surface area contributed by atoms with E-state index in [0.29, 0.717) is 0 Å². The van der Waals surface area contributed by atoms with Gasteiger partial charge in [-0.1, -0.05) is 13.8 Å². The first-order valence-electron chi connectivity index (χ1n) is 6.32. The first-order valence-corrected chi connectivity index (χ1v) is 6.32. The lowest BCUT2D eigenvalue weighted by Crippen LogP contribution is -2.33. The van der Waals surface area contributed by atoms with E-state index in [1.165, 1.54) is 6.07 Å². The third kappa shape index (κ3) is 3.22. The highest BCUT2D eigenvalue weighted by Gasteiger charge is 2.49. The second-order valence-corrected chi connectivity index (χ2v) is 5.20. The van der Waals surface area contributed by atoms with Crippen LogP contribution in [-0.2, 0) is 4.79 Å². The molecule has 5 heteroatoms.